The molecule has 0 amide bonds. The van der Waals surface area contributed by atoms with E-state index in [4.69, 9.17) is 10.7 Å². The molecule has 0 atom stereocenters. The van der Waals surface area contributed by atoms with Crippen LogP contribution in [0.25, 0.3) is 11.4 Å². The van der Waals surface area contributed by atoms with E-state index >= 15 is 0 Å². The molecule has 0 saturated heterocycles. The minimum atomic E-state index is 0.483. The molecule has 1 aliphatic heterocycles. The molecule has 1 aliphatic carbocycles. The highest BCUT2D eigenvalue weighted by Crippen LogP contribution is 2.32. The number of hydrogen-bond donors (Lipinski definition) is 2. The van der Waals surface area contributed by atoms with Crippen molar-refractivity contribution in [1.82, 2.24) is 14.9 Å². The van der Waals surface area contributed by atoms with Gasteiger partial charge in [0.2, 0.25) is 5.95 Å². The lowest BCUT2D eigenvalue weighted by Crippen LogP contribution is -2.22. The van der Waals surface area contributed by atoms with Crippen LogP contribution in [-0.2, 0) is 0 Å². The van der Waals surface area contributed by atoms with Crippen LogP contribution in [0.2, 0.25) is 0 Å². The third-order valence-corrected chi connectivity index (χ3v) is 5.06. The summed E-state index contributed by atoms with van der Waals surface area (Å²) < 4.78 is 0. The third-order valence-electron chi connectivity index (χ3n) is 5.06. The van der Waals surface area contributed by atoms with Gasteiger partial charge in [-0.25, -0.2) is 9.97 Å². The van der Waals surface area contributed by atoms with Crippen molar-refractivity contribution in [1.29, 1.82) is 0 Å². The van der Waals surface area contributed by atoms with E-state index in [9.17, 15) is 0 Å². The zero-order chi connectivity index (χ0) is 20.2. The van der Waals surface area contributed by atoms with Gasteiger partial charge in [0.1, 0.15) is 0 Å². The molecule has 2 aliphatic rings. The van der Waals surface area contributed by atoms with E-state index in [0.717, 1.165) is 28.2 Å². The lowest BCUT2D eigenvalue weighted by molar-refractivity contribution is 0.580. The van der Waals surface area contributed by atoms with Crippen molar-refractivity contribution in [3.63, 3.8) is 0 Å². The average Bonchev–Trinajstić information content (AvgIpc) is 3.57. The summed E-state index contributed by atoms with van der Waals surface area (Å²) in [6.07, 6.45) is 10.3. The minimum absolute atomic E-state index is 0.483. The SMILES string of the molecule is C=N/C(=C(/c1ccnc(NC2CC2)n1)N1C=CC(CN)=CC1)c1ccc(C)cc1. The molecule has 0 radical (unpaired) electrons. The first-order valence-electron chi connectivity index (χ1n) is 9.90. The first-order valence-corrected chi connectivity index (χ1v) is 9.90. The molecule has 1 saturated carbocycles. The average molecular weight is 387 g/mol. The molecule has 0 spiro atoms. The fourth-order valence-electron chi connectivity index (χ4n) is 3.24. The number of nitrogens with zero attached hydrogens (tertiary/aromatic N) is 4. The number of aliphatic imine (C=N–C) groups is 1. The summed E-state index contributed by atoms with van der Waals surface area (Å²) in [6.45, 7) is 7.15. The summed E-state index contributed by atoms with van der Waals surface area (Å²) in [5.41, 5.74) is 11.6. The van der Waals surface area contributed by atoms with Gasteiger partial charge in [0.25, 0.3) is 0 Å². The first-order chi connectivity index (χ1) is 14.2. The number of aromatic nitrogens is 2. The third kappa shape index (κ3) is 4.43. The van der Waals surface area contributed by atoms with Crippen molar-refractivity contribution in [2.24, 2.45) is 10.7 Å². The van der Waals surface area contributed by atoms with E-state index in [-0.39, 0.29) is 0 Å². The summed E-state index contributed by atoms with van der Waals surface area (Å²) in [5, 5.41) is 3.38. The lowest BCUT2D eigenvalue weighted by atomic mass is 10.0. The monoisotopic (exact) mass is 386 g/mol. The quantitative estimate of drug-likeness (QED) is 0.711. The number of rotatable bonds is 7. The number of hydrogen-bond acceptors (Lipinski definition) is 6. The van der Waals surface area contributed by atoms with Crippen molar-refractivity contribution < 1.29 is 0 Å². The summed E-state index contributed by atoms with van der Waals surface area (Å²) in [5.74, 6) is 0.647. The van der Waals surface area contributed by atoms with Crippen molar-refractivity contribution in [3.05, 3.63) is 77.3 Å². The fraction of sp³-hybridized carbons (Fsp3) is 0.261. The molecular weight excluding hydrogens is 360 g/mol. The molecule has 2 aromatic rings. The Kier molecular flexibility index (Phi) is 5.53. The number of nitrogens with one attached hydrogen (secondary N) is 1. The standard InChI is InChI=1S/C23H26N6/c1-16-3-5-18(6-4-16)21(25-2)22(29-13-10-17(15-24)11-14-29)20-9-12-26-23(28-20)27-19-7-8-19/h3-6,9-13,19H,2,7-8,14-15,24H2,1H3,(H,26,27,28)/b22-21-. The van der Waals surface area contributed by atoms with Gasteiger partial charge in [-0.05, 0) is 44.2 Å². The summed E-state index contributed by atoms with van der Waals surface area (Å²) in [4.78, 5) is 15.7. The Morgan fingerprint density at radius 1 is 1.28 bits per heavy atom. The summed E-state index contributed by atoms with van der Waals surface area (Å²) in [7, 11) is 0. The topological polar surface area (TPSA) is 79.4 Å². The highest BCUT2D eigenvalue weighted by molar-refractivity contribution is 5.90. The van der Waals surface area contributed by atoms with E-state index in [1.807, 2.05) is 18.3 Å². The fourth-order valence-corrected chi connectivity index (χ4v) is 3.24. The second kappa shape index (κ2) is 8.41. The molecule has 4 rings (SSSR count). The Morgan fingerprint density at radius 2 is 2.07 bits per heavy atom. The van der Waals surface area contributed by atoms with Gasteiger partial charge < -0.3 is 16.0 Å². The Hall–Kier alpha value is -3.25. The maximum Gasteiger partial charge on any atom is 0.223 e. The number of anilines is 1. The smallest absolute Gasteiger partial charge is 0.223 e. The molecule has 1 aromatic carbocycles. The van der Waals surface area contributed by atoms with Gasteiger partial charge in [-0.1, -0.05) is 35.9 Å². The van der Waals surface area contributed by atoms with Crippen LogP contribution in [0.5, 0.6) is 0 Å². The normalized spacial score (nSPS) is 16.9. The van der Waals surface area contributed by atoms with E-state index in [1.165, 1.54) is 18.4 Å². The molecule has 0 bridgehead atoms. The van der Waals surface area contributed by atoms with Crippen molar-refractivity contribution in [2.75, 3.05) is 18.4 Å². The Bertz CT molecular complexity index is 983. The Morgan fingerprint density at radius 3 is 2.69 bits per heavy atom. The molecule has 1 fully saturated rings. The van der Waals surface area contributed by atoms with Gasteiger partial charge >= 0.3 is 0 Å². The van der Waals surface area contributed by atoms with Gasteiger partial charge in [0.15, 0.2) is 0 Å². The molecular formula is C23H26N6. The highest BCUT2D eigenvalue weighted by atomic mass is 15.2. The van der Waals surface area contributed by atoms with E-state index in [0.29, 0.717) is 25.1 Å². The maximum atomic E-state index is 5.79. The van der Waals surface area contributed by atoms with Crippen LogP contribution in [0.15, 0.2) is 65.4 Å². The van der Waals surface area contributed by atoms with Crippen LogP contribution >= 0.6 is 0 Å². The van der Waals surface area contributed by atoms with Crippen LogP contribution in [0.3, 0.4) is 0 Å². The molecule has 2 heterocycles. The summed E-state index contributed by atoms with van der Waals surface area (Å²) in [6, 6.07) is 10.7. The molecule has 0 unspecified atom stereocenters. The summed E-state index contributed by atoms with van der Waals surface area (Å²) >= 11 is 0. The van der Waals surface area contributed by atoms with E-state index in [1.54, 1.807) is 6.20 Å². The van der Waals surface area contributed by atoms with Crippen LogP contribution in [0, 0.1) is 6.92 Å². The molecule has 6 nitrogen and oxygen atoms in total. The number of benzene rings is 1. The second-order valence-corrected chi connectivity index (χ2v) is 7.36. The van der Waals surface area contributed by atoms with Gasteiger partial charge in [-0.2, -0.15) is 0 Å². The van der Waals surface area contributed by atoms with Gasteiger partial charge in [0.05, 0.1) is 17.1 Å². The van der Waals surface area contributed by atoms with Gasteiger partial charge in [-0.15, -0.1) is 0 Å². The molecule has 29 heavy (non-hydrogen) atoms. The van der Waals surface area contributed by atoms with E-state index in [2.05, 4.69) is 64.2 Å². The Labute approximate surface area is 171 Å². The van der Waals surface area contributed by atoms with Crippen LogP contribution in [0.4, 0.5) is 5.95 Å². The van der Waals surface area contributed by atoms with Crippen molar-refractivity contribution in [3.8, 4) is 0 Å². The zero-order valence-corrected chi connectivity index (χ0v) is 16.7. The highest BCUT2D eigenvalue weighted by Gasteiger charge is 2.23. The van der Waals surface area contributed by atoms with Crippen molar-refractivity contribution in [2.45, 2.75) is 25.8 Å². The van der Waals surface area contributed by atoms with Gasteiger partial charge in [0, 0.05) is 37.1 Å². The molecule has 148 valence electrons. The van der Waals surface area contributed by atoms with Crippen LogP contribution in [-0.4, -0.2) is 40.7 Å². The number of aryl methyl sites for hydroxylation is 1. The molecule has 3 N–H and O–H groups in total. The second-order valence-electron chi connectivity index (χ2n) is 7.36. The zero-order valence-electron chi connectivity index (χ0n) is 16.7. The largest absolute Gasteiger partial charge is 0.351 e. The predicted molar refractivity (Wildman–Crippen MR) is 119 cm³/mol. The van der Waals surface area contributed by atoms with Crippen LogP contribution < -0.4 is 11.1 Å². The molecule has 1 aromatic heterocycles. The predicted octanol–water partition coefficient (Wildman–Crippen LogP) is 3.60. The Balaban J connectivity index is 1.80. The van der Waals surface area contributed by atoms with Crippen LogP contribution in [0.1, 0.15) is 29.7 Å². The van der Waals surface area contributed by atoms with Gasteiger partial charge in [-0.3, -0.25) is 4.99 Å². The van der Waals surface area contributed by atoms with E-state index < -0.39 is 0 Å². The maximum absolute atomic E-state index is 5.79. The first kappa shape index (κ1) is 19.1. The van der Waals surface area contributed by atoms with Crippen molar-refractivity contribution >= 4 is 24.1 Å². The molecule has 6 heteroatoms. The number of nitrogens with two attached hydrogens (primary N) is 1. The lowest BCUT2D eigenvalue weighted by Gasteiger charge is -2.27. The minimum Gasteiger partial charge on any atom is -0.351 e.